The summed E-state index contributed by atoms with van der Waals surface area (Å²) in [4.78, 5) is 0. The van der Waals surface area contributed by atoms with Crippen molar-refractivity contribution in [3.05, 3.63) is 0 Å². The van der Waals surface area contributed by atoms with Gasteiger partial charge in [-0.3, -0.25) is 0 Å². The summed E-state index contributed by atoms with van der Waals surface area (Å²) in [5.41, 5.74) is 1.93. The summed E-state index contributed by atoms with van der Waals surface area (Å²) in [5, 5.41) is 0. The summed E-state index contributed by atoms with van der Waals surface area (Å²) in [6.45, 7) is 44.7. The molecule has 0 radical (unpaired) electrons. The maximum Gasteiger partial charge on any atom is 0.332 e. The molecule has 0 heterocycles. The van der Waals surface area contributed by atoms with Crippen molar-refractivity contribution >= 4 is 8.60 Å². The SMILES string of the molecule is CC(C)(C)CCCC(COP(OCC(CCCC(C)(C)C)CC(C)(C)C)OCC(CCCC(C)(C)C)CC(C)(C)C)CC(C)(C)C. The minimum absolute atomic E-state index is 0.274. The first-order valence-corrected chi connectivity index (χ1v) is 20.3. The van der Waals surface area contributed by atoms with Crippen LogP contribution in [0, 0.1) is 50.2 Å². The normalized spacial score (nSPS) is 16.8. The Morgan fingerprint density at radius 2 is 0.565 bits per heavy atom. The van der Waals surface area contributed by atoms with Gasteiger partial charge in [-0.15, -0.1) is 0 Å². The summed E-state index contributed by atoms with van der Waals surface area (Å²) in [6.07, 6.45) is 14.6. The highest BCUT2D eigenvalue weighted by atomic mass is 31.2. The van der Waals surface area contributed by atoms with Gasteiger partial charge in [0.15, 0.2) is 0 Å². The van der Waals surface area contributed by atoms with Crippen molar-refractivity contribution in [2.75, 3.05) is 19.8 Å². The third-order valence-electron chi connectivity index (χ3n) is 8.57. The van der Waals surface area contributed by atoms with E-state index in [1.54, 1.807) is 0 Å². The van der Waals surface area contributed by atoms with Crippen LogP contribution in [0.25, 0.3) is 0 Å². The lowest BCUT2D eigenvalue weighted by molar-refractivity contribution is 0.0881. The van der Waals surface area contributed by atoms with Gasteiger partial charge in [0.1, 0.15) is 0 Å². The topological polar surface area (TPSA) is 27.7 Å². The minimum Gasteiger partial charge on any atom is -0.312 e. The highest BCUT2D eigenvalue weighted by molar-refractivity contribution is 7.41. The molecule has 0 saturated heterocycles. The van der Waals surface area contributed by atoms with E-state index in [4.69, 9.17) is 13.6 Å². The summed E-state index contributed by atoms with van der Waals surface area (Å²) in [7, 11) is -1.40. The standard InChI is InChI=1S/C42H87O3P/c1-37(2,3)25-19-22-34(28-40(10,11)12)31-43-46(44-32-35(29-41(13,14)15)23-20-26-38(4,5)6)45-33-36(30-42(16,17)18)24-21-27-39(7,8)9/h34-36H,19-33H2,1-18H3. The molecule has 0 aliphatic carbocycles. The van der Waals surface area contributed by atoms with Crippen LogP contribution in [0.1, 0.15) is 202 Å². The zero-order valence-corrected chi connectivity index (χ0v) is 35.9. The Labute approximate surface area is 293 Å². The van der Waals surface area contributed by atoms with Crippen molar-refractivity contribution in [2.45, 2.75) is 202 Å². The molecular weight excluding hydrogens is 583 g/mol. The van der Waals surface area contributed by atoms with Gasteiger partial charge in [-0.25, -0.2) is 0 Å². The smallest absolute Gasteiger partial charge is 0.312 e. The van der Waals surface area contributed by atoms with Gasteiger partial charge in [0.2, 0.25) is 0 Å². The van der Waals surface area contributed by atoms with Gasteiger partial charge in [0, 0.05) is 0 Å². The molecule has 0 amide bonds. The van der Waals surface area contributed by atoms with Crippen LogP contribution in [0.3, 0.4) is 0 Å². The fourth-order valence-electron chi connectivity index (χ4n) is 6.70. The molecule has 0 aromatic heterocycles. The lowest BCUT2D eigenvalue weighted by atomic mass is 9.81. The van der Waals surface area contributed by atoms with E-state index < -0.39 is 8.60 Å². The van der Waals surface area contributed by atoms with Crippen LogP contribution in [0.2, 0.25) is 0 Å². The van der Waals surface area contributed by atoms with E-state index >= 15 is 0 Å². The van der Waals surface area contributed by atoms with Crippen molar-refractivity contribution in [2.24, 2.45) is 50.2 Å². The highest BCUT2D eigenvalue weighted by Crippen LogP contribution is 2.45. The molecule has 0 spiro atoms. The third kappa shape index (κ3) is 31.6. The maximum absolute atomic E-state index is 6.73. The molecule has 3 atom stereocenters. The van der Waals surface area contributed by atoms with E-state index in [0.717, 1.165) is 19.8 Å². The highest BCUT2D eigenvalue weighted by Gasteiger charge is 2.27. The van der Waals surface area contributed by atoms with Gasteiger partial charge in [-0.2, -0.15) is 0 Å². The van der Waals surface area contributed by atoms with Gasteiger partial charge in [0.05, 0.1) is 19.8 Å². The Hall–Kier alpha value is 0.310. The summed E-state index contributed by atoms with van der Waals surface area (Å²) in [6, 6.07) is 0. The van der Waals surface area contributed by atoms with Crippen LogP contribution >= 0.6 is 8.60 Å². The predicted molar refractivity (Wildman–Crippen MR) is 207 cm³/mol. The Morgan fingerprint density at radius 3 is 0.739 bits per heavy atom. The lowest BCUT2D eigenvalue weighted by Gasteiger charge is -2.31. The van der Waals surface area contributed by atoms with Crippen LogP contribution in [0.4, 0.5) is 0 Å². The average Bonchev–Trinajstić information content (AvgIpc) is 2.77. The zero-order valence-electron chi connectivity index (χ0n) is 35.0. The average molecular weight is 671 g/mol. The molecule has 0 aliphatic rings. The second kappa shape index (κ2) is 20.2. The molecule has 0 aliphatic heterocycles. The molecule has 0 saturated carbocycles. The molecule has 0 rings (SSSR count). The van der Waals surface area contributed by atoms with E-state index in [0.29, 0.717) is 34.0 Å². The second-order valence-corrected chi connectivity index (χ2v) is 23.6. The van der Waals surface area contributed by atoms with Crippen molar-refractivity contribution < 1.29 is 13.6 Å². The fourth-order valence-corrected chi connectivity index (χ4v) is 7.93. The predicted octanol–water partition coefficient (Wildman–Crippen LogP) is 15.1. The van der Waals surface area contributed by atoms with Crippen molar-refractivity contribution in [3.63, 3.8) is 0 Å². The molecule has 0 aromatic carbocycles. The van der Waals surface area contributed by atoms with E-state index in [9.17, 15) is 0 Å². The zero-order chi connectivity index (χ0) is 36.0. The first-order valence-electron chi connectivity index (χ1n) is 19.2. The molecule has 0 N–H and O–H groups in total. The molecule has 4 heteroatoms. The quantitative estimate of drug-likeness (QED) is 0.114. The number of hydrogen-bond donors (Lipinski definition) is 0. The largest absolute Gasteiger partial charge is 0.332 e. The Bertz CT molecular complexity index is 659. The van der Waals surface area contributed by atoms with Gasteiger partial charge in [-0.05, 0) is 108 Å². The van der Waals surface area contributed by atoms with Gasteiger partial charge >= 0.3 is 8.60 Å². The molecule has 278 valence electrons. The summed E-state index contributed by atoms with van der Waals surface area (Å²) >= 11 is 0. The minimum atomic E-state index is -1.40. The van der Waals surface area contributed by atoms with E-state index in [2.05, 4.69) is 125 Å². The number of hydrogen-bond acceptors (Lipinski definition) is 3. The van der Waals surface area contributed by atoms with Crippen LogP contribution in [-0.2, 0) is 13.6 Å². The number of rotatable bonds is 21. The van der Waals surface area contributed by atoms with Gasteiger partial charge in [0.25, 0.3) is 0 Å². The fraction of sp³-hybridized carbons (Fsp3) is 1.00. The van der Waals surface area contributed by atoms with Crippen LogP contribution in [0.5, 0.6) is 0 Å². The lowest BCUT2D eigenvalue weighted by Crippen LogP contribution is -2.21. The Morgan fingerprint density at radius 1 is 0.348 bits per heavy atom. The second-order valence-electron chi connectivity index (χ2n) is 22.4. The van der Waals surface area contributed by atoms with Crippen molar-refractivity contribution in [1.29, 1.82) is 0 Å². The Kier molecular flexibility index (Phi) is 20.4. The Balaban J connectivity index is 5.85. The maximum atomic E-state index is 6.73. The third-order valence-corrected chi connectivity index (χ3v) is 9.65. The molecule has 0 fully saturated rings. The first-order chi connectivity index (χ1) is 20.5. The monoisotopic (exact) mass is 671 g/mol. The van der Waals surface area contributed by atoms with Gasteiger partial charge in [-0.1, -0.05) is 144 Å². The molecule has 46 heavy (non-hydrogen) atoms. The molecular formula is C42H87O3P. The summed E-state index contributed by atoms with van der Waals surface area (Å²) < 4.78 is 20.2. The van der Waals surface area contributed by atoms with Gasteiger partial charge < -0.3 is 13.6 Å². The van der Waals surface area contributed by atoms with E-state index in [1.165, 1.54) is 77.0 Å². The van der Waals surface area contributed by atoms with Crippen LogP contribution in [0.15, 0.2) is 0 Å². The van der Waals surface area contributed by atoms with E-state index in [-0.39, 0.29) is 16.2 Å². The van der Waals surface area contributed by atoms with E-state index in [1.807, 2.05) is 0 Å². The molecule has 0 bridgehead atoms. The van der Waals surface area contributed by atoms with Crippen LogP contribution < -0.4 is 0 Å². The molecule has 3 unspecified atom stereocenters. The molecule has 0 aromatic rings. The molecule has 3 nitrogen and oxygen atoms in total. The van der Waals surface area contributed by atoms with Crippen LogP contribution in [-0.4, -0.2) is 19.8 Å². The van der Waals surface area contributed by atoms with Crippen molar-refractivity contribution in [3.8, 4) is 0 Å². The van der Waals surface area contributed by atoms with Crippen molar-refractivity contribution in [1.82, 2.24) is 0 Å². The first kappa shape index (κ1) is 46.3. The summed E-state index contributed by atoms with van der Waals surface area (Å²) in [5.74, 6) is 1.57.